The van der Waals surface area contributed by atoms with Crippen LogP contribution in [0.3, 0.4) is 0 Å². The van der Waals surface area contributed by atoms with Crippen molar-refractivity contribution in [3.63, 3.8) is 0 Å². The number of benzene rings is 1. The quantitative estimate of drug-likeness (QED) is 0.773. The second-order valence-electron chi connectivity index (χ2n) is 3.48. The number of aromatic amines is 1. The lowest BCUT2D eigenvalue weighted by molar-refractivity contribution is -0.153. The number of nitrogens with one attached hydrogen (secondary N) is 1. The van der Waals surface area contributed by atoms with Gasteiger partial charge in [-0.3, -0.25) is 0 Å². The van der Waals surface area contributed by atoms with E-state index in [0.717, 1.165) is 10.9 Å². The van der Waals surface area contributed by atoms with Crippen molar-refractivity contribution < 1.29 is 14.6 Å². The molecule has 1 unspecified atom stereocenters. The third-order valence-corrected chi connectivity index (χ3v) is 2.40. The summed E-state index contributed by atoms with van der Waals surface area (Å²) in [4.78, 5) is 14.4. The van der Waals surface area contributed by atoms with E-state index in [9.17, 15) is 9.90 Å². The highest BCUT2D eigenvalue weighted by atomic mass is 16.5. The third-order valence-electron chi connectivity index (χ3n) is 2.40. The Hall–Kier alpha value is -1.81. The molecule has 1 atom stereocenters. The molecule has 0 spiro atoms. The number of ether oxygens (including phenoxy) is 1. The molecule has 0 saturated heterocycles. The standard InChI is InChI=1S/C12H13NO3/c1-2-16-12(15)11(14)9-4-3-8-5-6-13-10(8)7-9/h3-7,11,13-14H,2H2,1H3. The summed E-state index contributed by atoms with van der Waals surface area (Å²) in [6.07, 6.45) is 0.596. The molecule has 2 N–H and O–H groups in total. The average molecular weight is 219 g/mol. The van der Waals surface area contributed by atoms with Crippen molar-refractivity contribution in [3.05, 3.63) is 36.0 Å². The molecule has 1 aromatic carbocycles. The molecular formula is C12H13NO3. The summed E-state index contributed by atoms with van der Waals surface area (Å²) in [5, 5.41) is 10.8. The van der Waals surface area contributed by atoms with Crippen LogP contribution in [0.15, 0.2) is 30.5 Å². The minimum absolute atomic E-state index is 0.265. The molecule has 0 amide bonds. The Balaban J connectivity index is 2.28. The average Bonchev–Trinajstić information content (AvgIpc) is 2.75. The summed E-state index contributed by atoms with van der Waals surface area (Å²) in [5.41, 5.74) is 1.43. The molecule has 84 valence electrons. The minimum Gasteiger partial charge on any atom is -0.464 e. The first-order chi connectivity index (χ1) is 7.72. The highest BCUT2D eigenvalue weighted by molar-refractivity contribution is 5.83. The van der Waals surface area contributed by atoms with Gasteiger partial charge in [0.2, 0.25) is 0 Å². The molecule has 1 heterocycles. The van der Waals surface area contributed by atoms with Crippen molar-refractivity contribution in [2.75, 3.05) is 6.61 Å². The van der Waals surface area contributed by atoms with Crippen molar-refractivity contribution in [2.45, 2.75) is 13.0 Å². The normalized spacial score (nSPS) is 12.6. The Morgan fingerprint density at radius 1 is 1.50 bits per heavy atom. The maximum absolute atomic E-state index is 11.3. The Bertz CT molecular complexity index is 504. The number of aliphatic hydroxyl groups is 1. The Labute approximate surface area is 92.9 Å². The van der Waals surface area contributed by atoms with Crippen LogP contribution in [0.25, 0.3) is 10.9 Å². The molecule has 0 bridgehead atoms. The fourth-order valence-corrected chi connectivity index (χ4v) is 1.59. The molecule has 0 saturated carbocycles. The molecule has 1 aromatic heterocycles. The molecule has 2 aromatic rings. The zero-order valence-corrected chi connectivity index (χ0v) is 8.93. The monoisotopic (exact) mass is 219 g/mol. The van der Waals surface area contributed by atoms with E-state index >= 15 is 0 Å². The van der Waals surface area contributed by atoms with E-state index in [2.05, 4.69) is 4.98 Å². The van der Waals surface area contributed by atoms with Crippen LogP contribution < -0.4 is 0 Å². The van der Waals surface area contributed by atoms with Gasteiger partial charge in [-0.15, -0.1) is 0 Å². The number of carbonyl (C=O) groups excluding carboxylic acids is 1. The predicted octanol–water partition coefficient (Wildman–Crippen LogP) is 1.76. The SMILES string of the molecule is CCOC(=O)C(O)c1ccc2cc[nH]c2c1. The fraction of sp³-hybridized carbons (Fsp3) is 0.250. The Morgan fingerprint density at radius 2 is 2.31 bits per heavy atom. The molecule has 0 radical (unpaired) electrons. The van der Waals surface area contributed by atoms with Gasteiger partial charge in [0, 0.05) is 11.7 Å². The van der Waals surface area contributed by atoms with Gasteiger partial charge in [-0.2, -0.15) is 0 Å². The van der Waals surface area contributed by atoms with E-state index in [4.69, 9.17) is 4.74 Å². The number of carbonyl (C=O) groups is 1. The second-order valence-corrected chi connectivity index (χ2v) is 3.48. The number of hydrogen-bond acceptors (Lipinski definition) is 3. The number of hydrogen-bond donors (Lipinski definition) is 2. The number of aromatic nitrogens is 1. The van der Waals surface area contributed by atoms with Gasteiger partial charge >= 0.3 is 5.97 Å². The molecule has 2 rings (SSSR count). The lowest BCUT2D eigenvalue weighted by Gasteiger charge is -2.09. The number of H-pyrrole nitrogens is 1. The molecule has 0 aliphatic carbocycles. The van der Waals surface area contributed by atoms with Gasteiger partial charge < -0.3 is 14.8 Å². The number of rotatable bonds is 3. The van der Waals surface area contributed by atoms with E-state index in [1.165, 1.54) is 0 Å². The third kappa shape index (κ3) is 1.92. The molecular weight excluding hydrogens is 206 g/mol. The summed E-state index contributed by atoms with van der Waals surface area (Å²) < 4.78 is 4.75. The number of fused-ring (bicyclic) bond motifs is 1. The highest BCUT2D eigenvalue weighted by Crippen LogP contribution is 2.20. The van der Waals surface area contributed by atoms with E-state index < -0.39 is 12.1 Å². The lowest BCUT2D eigenvalue weighted by atomic mass is 10.1. The van der Waals surface area contributed by atoms with Crippen LogP contribution in [0.4, 0.5) is 0 Å². The van der Waals surface area contributed by atoms with Gasteiger partial charge in [0.15, 0.2) is 6.10 Å². The molecule has 4 nitrogen and oxygen atoms in total. The molecule has 4 heteroatoms. The van der Waals surface area contributed by atoms with Gasteiger partial charge in [-0.25, -0.2) is 4.79 Å². The highest BCUT2D eigenvalue weighted by Gasteiger charge is 2.18. The van der Waals surface area contributed by atoms with Crippen molar-refractivity contribution in [1.82, 2.24) is 4.98 Å². The largest absolute Gasteiger partial charge is 0.464 e. The van der Waals surface area contributed by atoms with E-state index in [-0.39, 0.29) is 6.61 Å². The van der Waals surface area contributed by atoms with Gasteiger partial charge in [0.1, 0.15) is 0 Å². The Kier molecular flexibility index (Phi) is 2.92. The van der Waals surface area contributed by atoms with Gasteiger partial charge in [-0.1, -0.05) is 12.1 Å². The summed E-state index contributed by atoms with van der Waals surface area (Å²) in [6.45, 7) is 1.97. The van der Waals surface area contributed by atoms with Gasteiger partial charge in [-0.05, 0) is 30.0 Å². The van der Waals surface area contributed by atoms with E-state index in [0.29, 0.717) is 5.56 Å². The smallest absolute Gasteiger partial charge is 0.339 e. The van der Waals surface area contributed by atoms with Crippen LogP contribution >= 0.6 is 0 Å². The maximum Gasteiger partial charge on any atom is 0.339 e. The lowest BCUT2D eigenvalue weighted by Crippen LogP contribution is -2.15. The van der Waals surface area contributed by atoms with Crippen molar-refractivity contribution in [3.8, 4) is 0 Å². The first-order valence-electron chi connectivity index (χ1n) is 5.14. The topological polar surface area (TPSA) is 62.3 Å². The predicted molar refractivity (Wildman–Crippen MR) is 59.9 cm³/mol. The molecule has 16 heavy (non-hydrogen) atoms. The molecule has 0 aliphatic heterocycles. The van der Waals surface area contributed by atoms with Crippen LogP contribution in [0.1, 0.15) is 18.6 Å². The number of esters is 1. The van der Waals surface area contributed by atoms with Crippen LogP contribution in [-0.2, 0) is 9.53 Å². The molecule has 0 fully saturated rings. The van der Waals surface area contributed by atoms with Crippen LogP contribution in [0, 0.1) is 0 Å². The zero-order chi connectivity index (χ0) is 11.5. The van der Waals surface area contributed by atoms with E-state index in [1.807, 2.05) is 18.3 Å². The first kappa shape index (κ1) is 10.7. The summed E-state index contributed by atoms with van der Waals surface area (Å²) in [6, 6.07) is 7.24. The second kappa shape index (κ2) is 4.37. The van der Waals surface area contributed by atoms with Crippen molar-refractivity contribution >= 4 is 16.9 Å². The van der Waals surface area contributed by atoms with Gasteiger partial charge in [0.05, 0.1) is 6.61 Å². The number of aliphatic hydroxyl groups excluding tert-OH is 1. The van der Waals surface area contributed by atoms with E-state index in [1.54, 1.807) is 19.1 Å². The first-order valence-corrected chi connectivity index (χ1v) is 5.14. The maximum atomic E-state index is 11.3. The summed E-state index contributed by atoms with van der Waals surface area (Å²) in [7, 11) is 0. The van der Waals surface area contributed by atoms with Crippen LogP contribution in [0.2, 0.25) is 0 Å². The summed E-state index contributed by atoms with van der Waals surface area (Å²) >= 11 is 0. The van der Waals surface area contributed by atoms with Crippen LogP contribution in [0.5, 0.6) is 0 Å². The zero-order valence-electron chi connectivity index (χ0n) is 8.93. The van der Waals surface area contributed by atoms with Gasteiger partial charge in [0.25, 0.3) is 0 Å². The molecule has 0 aliphatic rings. The van der Waals surface area contributed by atoms with Crippen LogP contribution in [-0.4, -0.2) is 22.7 Å². The Morgan fingerprint density at radius 3 is 3.06 bits per heavy atom. The minimum atomic E-state index is -1.22. The fourth-order valence-electron chi connectivity index (χ4n) is 1.59. The van der Waals surface area contributed by atoms with Crippen molar-refractivity contribution in [1.29, 1.82) is 0 Å². The summed E-state index contributed by atoms with van der Waals surface area (Å²) in [5.74, 6) is -0.617. The van der Waals surface area contributed by atoms with Crippen molar-refractivity contribution in [2.24, 2.45) is 0 Å².